The van der Waals surface area contributed by atoms with Gasteiger partial charge < -0.3 is 10.4 Å². The lowest BCUT2D eigenvalue weighted by Crippen LogP contribution is -2.39. The molecule has 0 saturated heterocycles. The summed E-state index contributed by atoms with van der Waals surface area (Å²) in [6.07, 6.45) is 4.95. The van der Waals surface area contributed by atoms with Crippen molar-refractivity contribution in [1.82, 2.24) is 5.32 Å². The monoisotopic (exact) mass is 278 g/mol. The first-order valence-electron chi connectivity index (χ1n) is 6.85. The zero-order valence-electron chi connectivity index (χ0n) is 12.0. The molecule has 0 aromatic heterocycles. The summed E-state index contributed by atoms with van der Waals surface area (Å²) in [6.45, 7) is 4.98. The van der Waals surface area contributed by atoms with Gasteiger partial charge in [0.1, 0.15) is 0 Å². The third-order valence-electron chi connectivity index (χ3n) is 3.46. The van der Waals surface area contributed by atoms with Gasteiger partial charge in [0.05, 0.1) is 16.1 Å². The average molecular weight is 278 g/mol. The first-order chi connectivity index (χ1) is 9.52. The molecule has 0 spiro atoms. The van der Waals surface area contributed by atoms with Crippen LogP contribution in [0.25, 0.3) is 6.08 Å². The van der Waals surface area contributed by atoms with Gasteiger partial charge in [-0.3, -0.25) is 10.1 Å². The van der Waals surface area contributed by atoms with Crippen molar-refractivity contribution in [3.8, 4) is 0 Å². The Morgan fingerprint density at radius 1 is 1.35 bits per heavy atom. The van der Waals surface area contributed by atoms with E-state index in [1.54, 1.807) is 24.3 Å². The predicted octanol–water partition coefficient (Wildman–Crippen LogP) is 2.75. The normalized spacial score (nSPS) is 11.9. The molecule has 0 radical (unpaired) electrons. The van der Waals surface area contributed by atoms with E-state index in [-0.39, 0.29) is 10.6 Å². The van der Waals surface area contributed by atoms with E-state index in [0.717, 1.165) is 0 Å². The fraction of sp³-hybridized carbons (Fsp3) is 0.467. The van der Waals surface area contributed by atoms with Gasteiger partial charge in [-0.05, 0) is 18.9 Å². The third kappa shape index (κ3) is 4.75. The van der Waals surface area contributed by atoms with Crippen LogP contribution in [0.1, 0.15) is 32.3 Å². The zero-order valence-corrected chi connectivity index (χ0v) is 12.0. The number of para-hydroxylation sites is 1. The van der Waals surface area contributed by atoms with Gasteiger partial charge in [0.25, 0.3) is 5.69 Å². The number of hydrogen-bond acceptors (Lipinski definition) is 4. The molecule has 0 atom stereocenters. The molecular formula is C15H22N2O3. The summed E-state index contributed by atoms with van der Waals surface area (Å²) < 4.78 is 0. The number of benzene rings is 1. The van der Waals surface area contributed by atoms with Crippen LogP contribution >= 0.6 is 0 Å². The number of nitrogens with one attached hydrogen (secondary N) is 1. The number of rotatable bonds is 8. The lowest BCUT2D eigenvalue weighted by Gasteiger charge is -2.25. The predicted molar refractivity (Wildman–Crippen MR) is 80.5 cm³/mol. The molecule has 0 aliphatic rings. The second-order valence-corrected chi connectivity index (χ2v) is 4.78. The molecule has 0 heterocycles. The standard InChI is InChI=1S/C15H22N2O3/c1-3-15(18,4-2)12-16-11-7-9-13-8-5-6-10-14(13)17(19)20/h5-10,16,18H,3-4,11-12H2,1-2H3/b9-7+. The molecule has 0 unspecified atom stereocenters. The maximum absolute atomic E-state index is 10.8. The number of hydrogen-bond donors (Lipinski definition) is 2. The summed E-state index contributed by atoms with van der Waals surface area (Å²) in [7, 11) is 0. The van der Waals surface area contributed by atoms with Gasteiger partial charge in [0.2, 0.25) is 0 Å². The highest BCUT2D eigenvalue weighted by atomic mass is 16.6. The van der Waals surface area contributed by atoms with E-state index in [1.165, 1.54) is 6.07 Å². The third-order valence-corrected chi connectivity index (χ3v) is 3.46. The van der Waals surface area contributed by atoms with Crippen molar-refractivity contribution in [2.24, 2.45) is 0 Å². The zero-order chi connectivity index (χ0) is 15.0. The fourth-order valence-corrected chi connectivity index (χ4v) is 1.87. The topological polar surface area (TPSA) is 75.4 Å². The van der Waals surface area contributed by atoms with Crippen LogP contribution in [0.15, 0.2) is 30.3 Å². The van der Waals surface area contributed by atoms with Crippen molar-refractivity contribution in [2.45, 2.75) is 32.3 Å². The van der Waals surface area contributed by atoms with E-state index in [4.69, 9.17) is 0 Å². The van der Waals surface area contributed by atoms with E-state index >= 15 is 0 Å². The number of aliphatic hydroxyl groups is 1. The van der Waals surface area contributed by atoms with Gasteiger partial charge in [-0.15, -0.1) is 0 Å². The van der Waals surface area contributed by atoms with Crippen LogP contribution in [0.4, 0.5) is 5.69 Å². The van der Waals surface area contributed by atoms with E-state index in [0.29, 0.717) is 31.5 Å². The van der Waals surface area contributed by atoms with Crippen LogP contribution < -0.4 is 5.32 Å². The number of nitro groups is 1. The fourth-order valence-electron chi connectivity index (χ4n) is 1.87. The summed E-state index contributed by atoms with van der Waals surface area (Å²) in [4.78, 5) is 10.5. The van der Waals surface area contributed by atoms with E-state index in [9.17, 15) is 15.2 Å². The van der Waals surface area contributed by atoms with Crippen LogP contribution in [0.3, 0.4) is 0 Å². The van der Waals surface area contributed by atoms with Crippen LogP contribution in [-0.2, 0) is 0 Å². The number of nitro benzene ring substituents is 1. The van der Waals surface area contributed by atoms with E-state index < -0.39 is 5.60 Å². The smallest absolute Gasteiger partial charge is 0.276 e. The molecule has 0 aliphatic carbocycles. The van der Waals surface area contributed by atoms with Gasteiger partial charge in [0, 0.05) is 19.2 Å². The maximum Gasteiger partial charge on any atom is 0.276 e. The Bertz CT molecular complexity index is 468. The molecule has 2 N–H and O–H groups in total. The minimum atomic E-state index is -0.674. The first-order valence-corrected chi connectivity index (χ1v) is 6.85. The van der Waals surface area contributed by atoms with Crippen LogP contribution in [0.5, 0.6) is 0 Å². The van der Waals surface area contributed by atoms with Crippen LogP contribution in [0.2, 0.25) is 0 Å². The van der Waals surface area contributed by atoms with E-state index in [2.05, 4.69) is 5.32 Å². The van der Waals surface area contributed by atoms with Crippen molar-refractivity contribution in [3.05, 3.63) is 46.0 Å². The minimum absolute atomic E-state index is 0.0994. The first kappa shape index (κ1) is 16.3. The summed E-state index contributed by atoms with van der Waals surface area (Å²) in [6, 6.07) is 6.62. The highest BCUT2D eigenvalue weighted by molar-refractivity contribution is 5.60. The van der Waals surface area contributed by atoms with Crippen molar-refractivity contribution >= 4 is 11.8 Å². The van der Waals surface area contributed by atoms with Crippen molar-refractivity contribution < 1.29 is 10.0 Å². The van der Waals surface area contributed by atoms with Crippen LogP contribution in [0, 0.1) is 10.1 Å². The molecule has 1 aromatic rings. The van der Waals surface area contributed by atoms with Gasteiger partial charge in [-0.1, -0.05) is 38.1 Å². The molecule has 20 heavy (non-hydrogen) atoms. The van der Waals surface area contributed by atoms with Gasteiger partial charge >= 0.3 is 0 Å². The summed E-state index contributed by atoms with van der Waals surface area (Å²) in [5.41, 5.74) is 0.00923. The summed E-state index contributed by atoms with van der Waals surface area (Å²) >= 11 is 0. The van der Waals surface area contributed by atoms with Gasteiger partial charge in [-0.2, -0.15) is 0 Å². The van der Waals surface area contributed by atoms with Crippen molar-refractivity contribution in [1.29, 1.82) is 0 Å². The molecule has 0 fully saturated rings. The Hall–Kier alpha value is -1.72. The Kier molecular flexibility index (Phi) is 6.35. The van der Waals surface area contributed by atoms with Crippen molar-refractivity contribution in [3.63, 3.8) is 0 Å². The molecule has 110 valence electrons. The van der Waals surface area contributed by atoms with Gasteiger partial charge in [0.15, 0.2) is 0 Å². The lowest BCUT2D eigenvalue weighted by atomic mass is 9.98. The van der Waals surface area contributed by atoms with Gasteiger partial charge in [-0.25, -0.2) is 0 Å². The molecule has 1 aromatic carbocycles. The van der Waals surface area contributed by atoms with Crippen molar-refractivity contribution in [2.75, 3.05) is 13.1 Å². The largest absolute Gasteiger partial charge is 0.389 e. The molecule has 0 aliphatic heterocycles. The maximum atomic E-state index is 10.8. The lowest BCUT2D eigenvalue weighted by molar-refractivity contribution is -0.385. The molecule has 1 rings (SSSR count). The molecular weight excluding hydrogens is 256 g/mol. The molecule has 5 nitrogen and oxygen atoms in total. The quantitative estimate of drug-likeness (QED) is 0.435. The molecule has 0 amide bonds. The second-order valence-electron chi connectivity index (χ2n) is 4.78. The number of nitrogens with zero attached hydrogens (tertiary/aromatic N) is 1. The second kappa shape index (κ2) is 7.77. The Balaban J connectivity index is 2.52. The Morgan fingerprint density at radius 3 is 2.60 bits per heavy atom. The Labute approximate surface area is 119 Å². The van der Waals surface area contributed by atoms with E-state index in [1.807, 2.05) is 19.9 Å². The average Bonchev–Trinajstić information content (AvgIpc) is 2.47. The molecule has 5 heteroatoms. The molecule has 0 saturated carbocycles. The summed E-state index contributed by atoms with van der Waals surface area (Å²) in [5, 5.41) is 24.1. The minimum Gasteiger partial charge on any atom is -0.389 e. The van der Waals surface area contributed by atoms with Crippen LogP contribution in [-0.4, -0.2) is 28.7 Å². The summed E-state index contributed by atoms with van der Waals surface area (Å²) in [5.74, 6) is 0. The SMILES string of the molecule is CCC(O)(CC)CNC/C=C/c1ccccc1[N+](=O)[O-]. The molecule has 0 bridgehead atoms. The Morgan fingerprint density at radius 2 is 2.00 bits per heavy atom. The highest BCUT2D eigenvalue weighted by Crippen LogP contribution is 2.18. The highest BCUT2D eigenvalue weighted by Gasteiger charge is 2.20.